The molecule has 1 aromatic carbocycles. The van der Waals surface area contributed by atoms with Gasteiger partial charge < -0.3 is 15.4 Å². The summed E-state index contributed by atoms with van der Waals surface area (Å²) in [5.74, 6) is 0.00478. The van der Waals surface area contributed by atoms with Crippen molar-refractivity contribution >= 4 is 17.2 Å². The number of carbonyl (C=O) groups excluding carboxylic acids is 1. The van der Waals surface area contributed by atoms with Crippen molar-refractivity contribution in [3.05, 3.63) is 40.7 Å². The number of aromatic nitrogens is 1. The van der Waals surface area contributed by atoms with E-state index < -0.39 is 0 Å². The van der Waals surface area contributed by atoms with E-state index in [-0.39, 0.29) is 12.0 Å². The second-order valence-electron chi connectivity index (χ2n) is 5.17. The number of ether oxygens (including phenoxy) is 1. The Hall–Kier alpha value is -1.76. The minimum Gasteiger partial charge on any atom is -0.375 e. The summed E-state index contributed by atoms with van der Waals surface area (Å²) in [7, 11) is 0. The first-order valence-electron chi connectivity index (χ1n) is 7.40. The number of morpholine rings is 1. The zero-order valence-corrected chi connectivity index (χ0v) is 13.1. The zero-order valence-electron chi connectivity index (χ0n) is 12.2. The molecule has 6 heteroatoms. The number of nitrogens with zero attached hydrogens (tertiary/aromatic N) is 1. The van der Waals surface area contributed by atoms with Gasteiger partial charge in [0.15, 0.2) is 0 Å². The van der Waals surface area contributed by atoms with Gasteiger partial charge in [-0.3, -0.25) is 4.79 Å². The molecule has 116 valence electrons. The van der Waals surface area contributed by atoms with Gasteiger partial charge in [-0.25, -0.2) is 4.98 Å². The number of rotatable bonds is 5. The molecule has 0 spiro atoms. The lowest BCUT2D eigenvalue weighted by molar-refractivity contribution is -0.124. The van der Waals surface area contributed by atoms with Crippen molar-refractivity contribution in [2.75, 3.05) is 19.7 Å². The van der Waals surface area contributed by atoms with Gasteiger partial charge in [0.05, 0.1) is 31.4 Å². The molecule has 1 aromatic heterocycles. The minimum atomic E-state index is -0.0232. The fourth-order valence-electron chi connectivity index (χ4n) is 2.34. The van der Waals surface area contributed by atoms with Crippen LogP contribution in [0.5, 0.6) is 0 Å². The molecule has 1 aliphatic rings. The molecular formula is C16H19N3O2S. The number of amides is 1. The van der Waals surface area contributed by atoms with Crippen LogP contribution in [0, 0.1) is 0 Å². The quantitative estimate of drug-likeness (QED) is 0.883. The number of nitrogens with one attached hydrogen (secondary N) is 2. The molecule has 0 aliphatic carbocycles. The molecule has 2 heterocycles. The van der Waals surface area contributed by atoms with Crippen molar-refractivity contribution in [2.24, 2.45) is 0 Å². The van der Waals surface area contributed by atoms with Crippen LogP contribution in [-0.4, -0.2) is 36.7 Å². The molecule has 0 saturated carbocycles. The van der Waals surface area contributed by atoms with Crippen molar-refractivity contribution in [3.63, 3.8) is 0 Å². The number of hydrogen-bond acceptors (Lipinski definition) is 5. The third kappa shape index (κ3) is 4.13. The number of hydrogen-bond donors (Lipinski definition) is 2. The minimum absolute atomic E-state index is 0.00478. The van der Waals surface area contributed by atoms with Gasteiger partial charge in [-0.1, -0.05) is 30.3 Å². The van der Waals surface area contributed by atoms with E-state index in [2.05, 4.69) is 15.6 Å². The Morgan fingerprint density at radius 3 is 3.05 bits per heavy atom. The molecule has 1 atom stereocenters. The van der Waals surface area contributed by atoms with E-state index in [0.717, 1.165) is 29.4 Å². The summed E-state index contributed by atoms with van der Waals surface area (Å²) in [4.78, 5) is 16.5. The van der Waals surface area contributed by atoms with Gasteiger partial charge in [0, 0.05) is 24.0 Å². The van der Waals surface area contributed by atoms with E-state index in [9.17, 15) is 4.79 Å². The summed E-state index contributed by atoms with van der Waals surface area (Å²) in [5.41, 5.74) is 2.05. The van der Waals surface area contributed by atoms with Crippen LogP contribution in [0.4, 0.5) is 0 Å². The second kappa shape index (κ2) is 7.49. The molecule has 0 bridgehead atoms. The zero-order chi connectivity index (χ0) is 15.2. The van der Waals surface area contributed by atoms with Crippen LogP contribution in [-0.2, 0) is 16.1 Å². The van der Waals surface area contributed by atoms with E-state index in [1.165, 1.54) is 0 Å². The van der Waals surface area contributed by atoms with Crippen LogP contribution in [0.1, 0.15) is 11.4 Å². The lowest BCUT2D eigenvalue weighted by Gasteiger charge is -2.22. The normalized spacial score (nSPS) is 18.1. The number of benzene rings is 1. The Balaban J connectivity index is 1.49. The van der Waals surface area contributed by atoms with Crippen molar-refractivity contribution < 1.29 is 9.53 Å². The third-order valence-electron chi connectivity index (χ3n) is 3.48. The van der Waals surface area contributed by atoms with Gasteiger partial charge in [-0.15, -0.1) is 11.3 Å². The smallest absolute Gasteiger partial charge is 0.223 e. The maximum atomic E-state index is 11.9. The maximum absolute atomic E-state index is 11.9. The Bertz CT molecular complexity index is 609. The van der Waals surface area contributed by atoms with Crippen LogP contribution in [0.25, 0.3) is 11.3 Å². The van der Waals surface area contributed by atoms with Gasteiger partial charge in [0.1, 0.15) is 5.01 Å². The average molecular weight is 317 g/mol. The monoisotopic (exact) mass is 317 g/mol. The number of thiazole rings is 1. The van der Waals surface area contributed by atoms with Gasteiger partial charge in [-0.05, 0) is 0 Å². The van der Waals surface area contributed by atoms with Crippen molar-refractivity contribution in [3.8, 4) is 11.3 Å². The van der Waals surface area contributed by atoms with Gasteiger partial charge in [-0.2, -0.15) is 0 Å². The predicted molar refractivity (Wildman–Crippen MR) is 86.6 cm³/mol. The highest BCUT2D eigenvalue weighted by Crippen LogP contribution is 2.21. The molecule has 2 N–H and O–H groups in total. The Kier molecular flexibility index (Phi) is 5.15. The first-order valence-corrected chi connectivity index (χ1v) is 8.28. The average Bonchev–Trinajstić information content (AvgIpc) is 3.04. The first kappa shape index (κ1) is 15.1. The molecular weight excluding hydrogens is 298 g/mol. The molecule has 1 amide bonds. The summed E-state index contributed by atoms with van der Waals surface area (Å²) in [5, 5.41) is 9.06. The standard InChI is InChI=1S/C16H19N3O2S/c20-15(8-13-9-17-6-7-21-13)18-10-16-19-14(11-22-16)12-4-2-1-3-5-12/h1-5,11,13,17H,6-10H2,(H,18,20). The molecule has 1 aliphatic heterocycles. The fourth-order valence-corrected chi connectivity index (χ4v) is 3.08. The van der Waals surface area contributed by atoms with E-state index in [0.29, 0.717) is 19.6 Å². The first-order chi connectivity index (χ1) is 10.8. The van der Waals surface area contributed by atoms with Crippen LogP contribution < -0.4 is 10.6 Å². The Morgan fingerprint density at radius 1 is 1.41 bits per heavy atom. The van der Waals surface area contributed by atoms with E-state index in [1.54, 1.807) is 11.3 Å². The van der Waals surface area contributed by atoms with Crippen LogP contribution in [0.15, 0.2) is 35.7 Å². The molecule has 5 nitrogen and oxygen atoms in total. The predicted octanol–water partition coefficient (Wildman–Crippen LogP) is 1.80. The summed E-state index contributed by atoms with van der Waals surface area (Å²) in [6.07, 6.45) is 0.370. The Labute approximate surface area is 133 Å². The second-order valence-corrected chi connectivity index (χ2v) is 6.11. The summed E-state index contributed by atoms with van der Waals surface area (Å²) in [6, 6.07) is 10.0. The van der Waals surface area contributed by atoms with E-state index in [1.807, 2.05) is 35.7 Å². The van der Waals surface area contributed by atoms with Crippen LogP contribution in [0.3, 0.4) is 0 Å². The fraction of sp³-hybridized carbons (Fsp3) is 0.375. The molecule has 2 aromatic rings. The van der Waals surface area contributed by atoms with E-state index in [4.69, 9.17) is 4.74 Å². The van der Waals surface area contributed by atoms with E-state index >= 15 is 0 Å². The summed E-state index contributed by atoms with van der Waals surface area (Å²) in [6.45, 7) is 2.74. The lowest BCUT2D eigenvalue weighted by atomic mass is 10.2. The summed E-state index contributed by atoms with van der Waals surface area (Å²) < 4.78 is 5.53. The van der Waals surface area contributed by atoms with Crippen molar-refractivity contribution in [2.45, 2.75) is 19.1 Å². The Morgan fingerprint density at radius 2 is 2.27 bits per heavy atom. The van der Waals surface area contributed by atoms with Gasteiger partial charge in [0.2, 0.25) is 5.91 Å². The molecule has 3 rings (SSSR count). The van der Waals surface area contributed by atoms with Gasteiger partial charge in [0.25, 0.3) is 0 Å². The van der Waals surface area contributed by atoms with Crippen molar-refractivity contribution in [1.29, 1.82) is 0 Å². The molecule has 1 fully saturated rings. The molecule has 1 unspecified atom stereocenters. The van der Waals surface area contributed by atoms with Crippen molar-refractivity contribution in [1.82, 2.24) is 15.6 Å². The topological polar surface area (TPSA) is 63.2 Å². The highest BCUT2D eigenvalue weighted by molar-refractivity contribution is 7.09. The van der Waals surface area contributed by atoms with Gasteiger partial charge >= 0.3 is 0 Å². The van der Waals surface area contributed by atoms with Crippen LogP contribution >= 0.6 is 11.3 Å². The molecule has 1 saturated heterocycles. The third-order valence-corrected chi connectivity index (χ3v) is 4.32. The highest BCUT2D eigenvalue weighted by atomic mass is 32.1. The highest BCUT2D eigenvalue weighted by Gasteiger charge is 2.17. The number of carbonyl (C=O) groups is 1. The lowest BCUT2D eigenvalue weighted by Crippen LogP contribution is -2.41. The molecule has 22 heavy (non-hydrogen) atoms. The molecule has 0 radical (unpaired) electrons. The largest absolute Gasteiger partial charge is 0.375 e. The SMILES string of the molecule is O=C(CC1CNCCO1)NCc1nc(-c2ccccc2)cs1. The summed E-state index contributed by atoms with van der Waals surface area (Å²) >= 11 is 1.56. The maximum Gasteiger partial charge on any atom is 0.223 e. The van der Waals surface area contributed by atoms with Crippen LogP contribution in [0.2, 0.25) is 0 Å².